The van der Waals surface area contributed by atoms with Crippen LogP contribution in [-0.4, -0.2) is 9.97 Å². The smallest absolute Gasteiger partial charge is 0.141 e. The molecule has 0 unspecified atom stereocenters. The van der Waals surface area contributed by atoms with Crippen molar-refractivity contribution in [2.24, 2.45) is 0 Å². The Morgan fingerprint density at radius 2 is 1.89 bits per heavy atom. The van der Waals surface area contributed by atoms with Crippen LogP contribution in [-0.2, 0) is 0 Å². The predicted molar refractivity (Wildman–Crippen MR) is 78.5 cm³/mol. The Bertz CT molecular complexity index is 665. The first kappa shape index (κ1) is 11.6. The maximum atomic E-state index is 4.37. The van der Waals surface area contributed by atoms with Gasteiger partial charge < -0.3 is 0 Å². The Labute approximate surface area is 117 Å². The molecule has 3 rings (SSSR count). The highest BCUT2D eigenvalue weighted by atomic mass is 79.9. The molecule has 0 saturated carbocycles. The zero-order chi connectivity index (χ0) is 12.4. The molecule has 0 N–H and O–H groups in total. The number of aromatic nitrogens is 2. The largest absolute Gasteiger partial charge is 0.254 e. The summed E-state index contributed by atoms with van der Waals surface area (Å²) in [7, 11) is 0. The summed E-state index contributed by atoms with van der Waals surface area (Å²) in [5.41, 5.74) is 3.22. The average molecular weight is 317 g/mol. The summed E-state index contributed by atoms with van der Waals surface area (Å²) in [6.45, 7) is 0. The third-order valence-electron chi connectivity index (χ3n) is 2.60. The topological polar surface area (TPSA) is 25.8 Å². The van der Waals surface area contributed by atoms with E-state index in [0.29, 0.717) is 0 Å². The molecule has 0 fully saturated rings. The van der Waals surface area contributed by atoms with E-state index >= 15 is 0 Å². The molecule has 2 aromatic heterocycles. The van der Waals surface area contributed by atoms with Crippen LogP contribution in [0.15, 0.2) is 58.6 Å². The molecule has 2 nitrogen and oxygen atoms in total. The van der Waals surface area contributed by atoms with E-state index in [9.17, 15) is 0 Å². The second-order valence-corrected chi connectivity index (χ2v) is 5.50. The highest BCUT2D eigenvalue weighted by molar-refractivity contribution is 9.10. The molecule has 0 bridgehead atoms. The van der Waals surface area contributed by atoms with Gasteiger partial charge in [-0.3, -0.25) is 4.98 Å². The van der Waals surface area contributed by atoms with Gasteiger partial charge in [0, 0.05) is 22.2 Å². The third-order valence-corrected chi connectivity index (χ3v) is 4.08. The van der Waals surface area contributed by atoms with E-state index in [1.54, 1.807) is 17.5 Å². The summed E-state index contributed by atoms with van der Waals surface area (Å²) in [5.74, 6) is 0. The lowest BCUT2D eigenvalue weighted by Gasteiger charge is -2.05. The Balaban J connectivity index is 2.10. The molecule has 0 saturated heterocycles. The fourth-order valence-electron chi connectivity index (χ4n) is 1.76. The Kier molecular flexibility index (Phi) is 3.21. The van der Waals surface area contributed by atoms with Crippen LogP contribution in [0.2, 0.25) is 0 Å². The van der Waals surface area contributed by atoms with Gasteiger partial charge >= 0.3 is 0 Å². The fourth-order valence-corrected chi connectivity index (χ4v) is 2.88. The van der Waals surface area contributed by atoms with Crippen LogP contribution < -0.4 is 0 Å². The molecular formula is C14H9BrN2S. The van der Waals surface area contributed by atoms with Gasteiger partial charge in [0.05, 0.1) is 5.69 Å². The fraction of sp³-hybridized carbons (Fsp3) is 0. The van der Waals surface area contributed by atoms with Crippen LogP contribution >= 0.6 is 27.3 Å². The lowest BCUT2D eigenvalue weighted by molar-refractivity contribution is 1.29. The standard InChI is InChI=1S/C14H9BrN2S/c15-12-4-2-1-3-11(12)10-5-6-16-13(9-10)14-17-7-8-18-14/h1-9H. The van der Waals surface area contributed by atoms with Gasteiger partial charge in [-0.05, 0) is 29.3 Å². The number of halogens is 1. The van der Waals surface area contributed by atoms with Crippen LogP contribution in [0.25, 0.3) is 21.8 Å². The van der Waals surface area contributed by atoms with Crippen LogP contribution in [0, 0.1) is 0 Å². The summed E-state index contributed by atoms with van der Waals surface area (Å²) in [6, 6.07) is 12.3. The minimum absolute atomic E-state index is 0.915. The summed E-state index contributed by atoms with van der Waals surface area (Å²) in [4.78, 5) is 8.66. The summed E-state index contributed by atoms with van der Waals surface area (Å²) >= 11 is 5.17. The van der Waals surface area contributed by atoms with Gasteiger partial charge in [-0.25, -0.2) is 4.98 Å². The van der Waals surface area contributed by atoms with E-state index in [1.807, 2.05) is 35.8 Å². The first-order valence-electron chi connectivity index (χ1n) is 5.45. The van der Waals surface area contributed by atoms with E-state index in [4.69, 9.17) is 0 Å². The molecule has 18 heavy (non-hydrogen) atoms. The van der Waals surface area contributed by atoms with Gasteiger partial charge in [-0.1, -0.05) is 34.1 Å². The Morgan fingerprint density at radius 3 is 2.67 bits per heavy atom. The number of rotatable bonds is 2. The Hall–Kier alpha value is -1.52. The molecule has 2 heterocycles. The molecule has 0 atom stereocenters. The number of hydrogen-bond donors (Lipinski definition) is 0. The average Bonchev–Trinajstić information content (AvgIpc) is 2.93. The van der Waals surface area contributed by atoms with Gasteiger partial charge in [0.1, 0.15) is 5.01 Å². The van der Waals surface area contributed by atoms with Gasteiger partial charge in [0.15, 0.2) is 0 Å². The van der Waals surface area contributed by atoms with Gasteiger partial charge in [-0.2, -0.15) is 0 Å². The van der Waals surface area contributed by atoms with Crippen molar-refractivity contribution in [3.8, 4) is 21.8 Å². The normalized spacial score (nSPS) is 10.5. The van der Waals surface area contributed by atoms with Crippen molar-refractivity contribution in [1.82, 2.24) is 9.97 Å². The summed E-state index contributed by atoms with van der Waals surface area (Å²) in [5, 5.41) is 2.91. The lowest BCUT2D eigenvalue weighted by atomic mass is 10.1. The van der Waals surface area contributed by atoms with Gasteiger partial charge in [0.25, 0.3) is 0 Å². The molecule has 3 aromatic rings. The van der Waals surface area contributed by atoms with Crippen LogP contribution in [0.3, 0.4) is 0 Å². The van der Waals surface area contributed by atoms with E-state index in [0.717, 1.165) is 26.3 Å². The van der Waals surface area contributed by atoms with Crippen molar-refractivity contribution in [3.63, 3.8) is 0 Å². The zero-order valence-electron chi connectivity index (χ0n) is 9.38. The van der Waals surface area contributed by atoms with Crippen molar-refractivity contribution in [2.45, 2.75) is 0 Å². The van der Waals surface area contributed by atoms with Crippen molar-refractivity contribution in [3.05, 3.63) is 58.6 Å². The second-order valence-electron chi connectivity index (χ2n) is 3.75. The second kappa shape index (κ2) is 5.00. The summed E-state index contributed by atoms with van der Waals surface area (Å²) in [6.07, 6.45) is 3.62. The maximum Gasteiger partial charge on any atom is 0.141 e. The van der Waals surface area contributed by atoms with Crippen LogP contribution in [0.5, 0.6) is 0 Å². The number of benzene rings is 1. The van der Waals surface area contributed by atoms with E-state index in [1.165, 1.54) is 0 Å². The van der Waals surface area contributed by atoms with Gasteiger partial charge in [0.2, 0.25) is 0 Å². The quantitative estimate of drug-likeness (QED) is 0.688. The van der Waals surface area contributed by atoms with E-state index in [2.05, 4.69) is 38.0 Å². The first-order valence-corrected chi connectivity index (χ1v) is 7.13. The minimum atomic E-state index is 0.915. The number of pyridine rings is 1. The third kappa shape index (κ3) is 2.21. The highest BCUT2D eigenvalue weighted by Crippen LogP contribution is 2.30. The molecule has 0 spiro atoms. The van der Waals surface area contributed by atoms with E-state index in [-0.39, 0.29) is 0 Å². The highest BCUT2D eigenvalue weighted by Gasteiger charge is 2.06. The zero-order valence-corrected chi connectivity index (χ0v) is 11.8. The van der Waals surface area contributed by atoms with Crippen molar-refractivity contribution in [2.75, 3.05) is 0 Å². The molecule has 0 amide bonds. The van der Waals surface area contributed by atoms with Crippen LogP contribution in [0.1, 0.15) is 0 Å². The Morgan fingerprint density at radius 1 is 1.00 bits per heavy atom. The monoisotopic (exact) mass is 316 g/mol. The molecular weight excluding hydrogens is 308 g/mol. The van der Waals surface area contributed by atoms with Gasteiger partial charge in [-0.15, -0.1) is 11.3 Å². The predicted octanol–water partition coefficient (Wildman–Crippen LogP) is 4.63. The SMILES string of the molecule is Brc1ccccc1-c1ccnc(-c2nccs2)c1. The van der Waals surface area contributed by atoms with E-state index < -0.39 is 0 Å². The van der Waals surface area contributed by atoms with Crippen molar-refractivity contribution >= 4 is 27.3 Å². The van der Waals surface area contributed by atoms with Crippen molar-refractivity contribution < 1.29 is 0 Å². The molecule has 0 aliphatic heterocycles. The number of thiazole rings is 1. The summed E-state index contributed by atoms with van der Waals surface area (Å²) < 4.78 is 1.08. The molecule has 0 aliphatic rings. The molecule has 0 aliphatic carbocycles. The van der Waals surface area contributed by atoms with Crippen LogP contribution in [0.4, 0.5) is 0 Å². The number of hydrogen-bond acceptors (Lipinski definition) is 3. The number of nitrogens with zero attached hydrogens (tertiary/aromatic N) is 2. The first-order chi connectivity index (χ1) is 8.84. The minimum Gasteiger partial charge on any atom is -0.254 e. The van der Waals surface area contributed by atoms with Crippen molar-refractivity contribution in [1.29, 1.82) is 0 Å². The lowest BCUT2D eigenvalue weighted by Crippen LogP contribution is -1.85. The molecule has 0 radical (unpaired) electrons. The molecule has 88 valence electrons. The maximum absolute atomic E-state index is 4.37. The molecule has 1 aromatic carbocycles. The molecule has 4 heteroatoms.